The first-order valence-corrected chi connectivity index (χ1v) is 5.58. The van der Waals surface area contributed by atoms with E-state index in [1.165, 1.54) is 19.8 Å². The van der Waals surface area contributed by atoms with Gasteiger partial charge in [-0.3, -0.25) is 9.59 Å². The van der Waals surface area contributed by atoms with E-state index in [0.29, 0.717) is 0 Å². The smallest absolute Gasteiger partial charge is 0.325 e. The first kappa shape index (κ1) is 10.5. The van der Waals surface area contributed by atoms with Crippen molar-refractivity contribution in [1.82, 2.24) is 5.32 Å². The molecule has 2 atom stereocenters. The summed E-state index contributed by atoms with van der Waals surface area (Å²) in [6, 6.07) is -0.767. The zero-order chi connectivity index (χ0) is 11.1. The van der Waals surface area contributed by atoms with E-state index in [1.807, 2.05) is 0 Å². The summed E-state index contributed by atoms with van der Waals surface area (Å²) in [5.41, 5.74) is 0.252. The summed E-state index contributed by atoms with van der Waals surface area (Å²) in [6.45, 7) is 1.50. The number of carboxylic acids is 1. The summed E-state index contributed by atoms with van der Waals surface area (Å²) >= 11 is 0. The predicted octanol–water partition coefficient (Wildman–Crippen LogP) is 1.16. The molecule has 0 aromatic heterocycles. The van der Waals surface area contributed by atoms with Crippen molar-refractivity contribution < 1.29 is 14.7 Å². The van der Waals surface area contributed by atoms with Gasteiger partial charge in [-0.05, 0) is 31.6 Å². The van der Waals surface area contributed by atoms with Crippen molar-refractivity contribution in [1.29, 1.82) is 0 Å². The highest BCUT2D eigenvalue weighted by atomic mass is 16.4. The summed E-state index contributed by atoms with van der Waals surface area (Å²) < 4.78 is 0. The van der Waals surface area contributed by atoms with Crippen LogP contribution in [0.4, 0.5) is 0 Å². The van der Waals surface area contributed by atoms with Crippen molar-refractivity contribution in [2.75, 3.05) is 0 Å². The minimum atomic E-state index is -0.968. The fourth-order valence-corrected chi connectivity index (χ4v) is 2.73. The molecule has 0 heterocycles. The van der Waals surface area contributed by atoms with Crippen molar-refractivity contribution in [2.24, 2.45) is 11.3 Å². The predicted molar refractivity (Wildman–Crippen MR) is 54.2 cm³/mol. The van der Waals surface area contributed by atoms with E-state index < -0.39 is 12.0 Å². The largest absolute Gasteiger partial charge is 0.480 e. The Hall–Kier alpha value is -1.06. The second-order valence-electron chi connectivity index (χ2n) is 4.89. The number of carbonyl (C=O) groups is 2. The van der Waals surface area contributed by atoms with Crippen LogP contribution < -0.4 is 5.32 Å². The lowest BCUT2D eigenvalue weighted by molar-refractivity contribution is -0.141. The third-order valence-corrected chi connectivity index (χ3v) is 3.83. The SMILES string of the molecule is C[C@H](NC(=O)C1CC12CCCC2)C(=O)O. The van der Waals surface area contributed by atoms with E-state index in [0.717, 1.165) is 19.3 Å². The Morgan fingerprint density at radius 3 is 2.53 bits per heavy atom. The lowest BCUT2D eigenvalue weighted by Gasteiger charge is -2.11. The van der Waals surface area contributed by atoms with Gasteiger partial charge in [0.2, 0.25) is 5.91 Å². The van der Waals surface area contributed by atoms with Gasteiger partial charge in [-0.1, -0.05) is 12.8 Å². The van der Waals surface area contributed by atoms with E-state index >= 15 is 0 Å². The molecule has 0 aromatic rings. The second-order valence-corrected chi connectivity index (χ2v) is 4.89. The number of hydrogen-bond acceptors (Lipinski definition) is 2. The molecule has 2 aliphatic rings. The Morgan fingerprint density at radius 1 is 1.40 bits per heavy atom. The average Bonchev–Trinajstić information content (AvgIpc) is 2.65. The normalized spacial score (nSPS) is 28.7. The molecule has 1 unspecified atom stereocenters. The van der Waals surface area contributed by atoms with Gasteiger partial charge in [0.15, 0.2) is 0 Å². The molecule has 2 fully saturated rings. The molecule has 1 amide bonds. The van der Waals surface area contributed by atoms with E-state index in [9.17, 15) is 9.59 Å². The molecule has 0 bridgehead atoms. The van der Waals surface area contributed by atoms with Crippen molar-refractivity contribution in [2.45, 2.75) is 45.1 Å². The molecular formula is C11H17NO3. The molecule has 4 nitrogen and oxygen atoms in total. The topological polar surface area (TPSA) is 66.4 Å². The van der Waals surface area contributed by atoms with E-state index in [4.69, 9.17) is 5.11 Å². The van der Waals surface area contributed by atoms with Crippen LogP contribution in [0.5, 0.6) is 0 Å². The Bertz CT molecular complexity index is 294. The van der Waals surface area contributed by atoms with Crippen LogP contribution in [-0.4, -0.2) is 23.0 Å². The van der Waals surface area contributed by atoms with Crippen LogP contribution in [0.2, 0.25) is 0 Å². The van der Waals surface area contributed by atoms with Crippen molar-refractivity contribution in [3.8, 4) is 0 Å². The molecule has 0 radical (unpaired) electrons. The zero-order valence-corrected chi connectivity index (χ0v) is 8.95. The van der Waals surface area contributed by atoms with Crippen molar-refractivity contribution >= 4 is 11.9 Å². The molecule has 4 heteroatoms. The first-order chi connectivity index (χ1) is 7.05. The maximum absolute atomic E-state index is 11.7. The van der Waals surface area contributed by atoms with Gasteiger partial charge in [-0.2, -0.15) is 0 Å². The number of nitrogens with one attached hydrogen (secondary N) is 1. The van der Waals surface area contributed by atoms with Gasteiger partial charge in [0.1, 0.15) is 6.04 Å². The molecular weight excluding hydrogens is 194 g/mol. The lowest BCUT2D eigenvalue weighted by atomic mass is 10.0. The summed E-state index contributed by atoms with van der Waals surface area (Å²) in [6.07, 6.45) is 5.70. The second kappa shape index (κ2) is 3.51. The maximum atomic E-state index is 11.7. The van der Waals surface area contributed by atoms with Crippen LogP contribution in [0.25, 0.3) is 0 Å². The molecule has 0 aromatic carbocycles. The molecule has 2 saturated carbocycles. The number of aliphatic carboxylic acids is 1. The molecule has 0 aliphatic heterocycles. The quantitative estimate of drug-likeness (QED) is 0.736. The van der Waals surface area contributed by atoms with Crippen LogP contribution in [0.1, 0.15) is 39.0 Å². The molecule has 0 saturated heterocycles. The van der Waals surface area contributed by atoms with Gasteiger partial charge in [-0.15, -0.1) is 0 Å². The molecule has 2 aliphatic carbocycles. The van der Waals surface area contributed by atoms with Crippen LogP contribution in [0, 0.1) is 11.3 Å². The monoisotopic (exact) mass is 211 g/mol. The fraction of sp³-hybridized carbons (Fsp3) is 0.818. The lowest BCUT2D eigenvalue weighted by Crippen LogP contribution is -2.39. The average molecular weight is 211 g/mol. The van der Waals surface area contributed by atoms with Gasteiger partial charge < -0.3 is 10.4 Å². The van der Waals surface area contributed by atoms with Crippen molar-refractivity contribution in [3.05, 3.63) is 0 Å². The van der Waals surface area contributed by atoms with E-state index in [-0.39, 0.29) is 17.2 Å². The van der Waals surface area contributed by atoms with Gasteiger partial charge in [0.05, 0.1) is 0 Å². The third-order valence-electron chi connectivity index (χ3n) is 3.83. The highest BCUT2D eigenvalue weighted by molar-refractivity contribution is 5.87. The Labute approximate surface area is 89.0 Å². The Morgan fingerprint density at radius 2 is 2.00 bits per heavy atom. The third kappa shape index (κ3) is 1.85. The van der Waals surface area contributed by atoms with E-state index in [1.54, 1.807) is 0 Å². The van der Waals surface area contributed by atoms with Crippen LogP contribution in [0.3, 0.4) is 0 Å². The first-order valence-electron chi connectivity index (χ1n) is 5.58. The summed E-state index contributed by atoms with van der Waals surface area (Å²) in [5, 5.41) is 11.2. The fourth-order valence-electron chi connectivity index (χ4n) is 2.73. The summed E-state index contributed by atoms with van der Waals surface area (Å²) in [5.74, 6) is -0.946. The number of amides is 1. The Kier molecular flexibility index (Phi) is 2.44. The number of hydrogen-bond donors (Lipinski definition) is 2. The van der Waals surface area contributed by atoms with E-state index in [2.05, 4.69) is 5.32 Å². The van der Waals surface area contributed by atoms with Gasteiger partial charge in [0.25, 0.3) is 0 Å². The molecule has 84 valence electrons. The molecule has 15 heavy (non-hydrogen) atoms. The Balaban J connectivity index is 1.86. The van der Waals surface area contributed by atoms with Gasteiger partial charge in [-0.25, -0.2) is 0 Å². The maximum Gasteiger partial charge on any atom is 0.325 e. The van der Waals surface area contributed by atoms with Crippen LogP contribution in [-0.2, 0) is 9.59 Å². The minimum Gasteiger partial charge on any atom is -0.480 e. The highest BCUT2D eigenvalue weighted by Gasteiger charge is 2.58. The highest BCUT2D eigenvalue weighted by Crippen LogP contribution is 2.62. The number of carboxylic acid groups (broad SMARTS) is 1. The summed E-state index contributed by atoms with van der Waals surface area (Å²) in [7, 11) is 0. The van der Waals surface area contributed by atoms with Gasteiger partial charge in [0, 0.05) is 5.92 Å². The number of rotatable bonds is 3. The van der Waals surface area contributed by atoms with Crippen LogP contribution in [0.15, 0.2) is 0 Å². The zero-order valence-electron chi connectivity index (χ0n) is 8.95. The molecule has 2 N–H and O–H groups in total. The number of carbonyl (C=O) groups excluding carboxylic acids is 1. The minimum absolute atomic E-state index is 0.0631. The summed E-state index contributed by atoms with van der Waals surface area (Å²) in [4.78, 5) is 22.3. The molecule has 2 rings (SSSR count). The molecule has 1 spiro atoms. The van der Waals surface area contributed by atoms with Crippen LogP contribution >= 0.6 is 0 Å². The standard InChI is InChI=1S/C11H17NO3/c1-7(10(14)15)12-9(13)8-6-11(8)4-2-3-5-11/h7-8H,2-6H2,1H3,(H,12,13)(H,14,15)/t7-,8?/m0/s1. The van der Waals surface area contributed by atoms with Gasteiger partial charge >= 0.3 is 5.97 Å². The van der Waals surface area contributed by atoms with Crippen molar-refractivity contribution in [3.63, 3.8) is 0 Å².